The van der Waals surface area contributed by atoms with Gasteiger partial charge in [0.25, 0.3) is 0 Å². The zero-order chi connectivity index (χ0) is 14.5. The summed E-state index contributed by atoms with van der Waals surface area (Å²) in [5.74, 6) is -0.256. The SMILES string of the molecule is CCNS(=O)(=O)c1cccc(C(=O)CSC(C)=O)c1. The number of thioether (sulfide) groups is 1. The van der Waals surface area contributed by atoms with Gasteiger partial charge in [0.05, 0.1) is 10.6 Å². The fourth-order valence-corrected chi connectivity index (χ4v) is 2.95. The molecule has 0 atom stereocenters. The van der Waals surface area contributed by atoms with Gasteiger partial charge in [-0.05, 0) is 12.1 Å². The molecule has 0 unspecified atom stereocenters. The smallest absolute Gasteiger partial charge is 0.240 e. The van der Waals surface area contributed by atoms with E-state index >= 15 is 0 Å². The first kappa shape index (κ1) is 15.9. The first-order valence-electron chi connectivity index (χ1n) is 5.63. The molecule has 19 heavy (non-hydrogen) atoms. The second-order valence-electron chi connectivity index (χ2n) is 3.73. The largest absolute Gasteiger partial charge is 0.293 e. The van der Waals surface area contributed by atoms with Crippen LogP contribution in [0.5, 0.6) is 0 Å². The van der Waals surface area contributed by atoms with E-state index in [0.29, 0.717) is 0 Å². The monoisotopic (exact) mass is 301 g/mol. The molecule has 0 aliphatic carbocycles. The molecule has 0 aromatic heterocycles. The Balaban J connectivity index is 2.94. The van der Waals surface area contributed by atoms with Gasteiger partial charge >= 0.3 is 0 Å². The van der Waals surface area contributed by atoms with Crippen LogP contribution in [-0.2, 0) is 14.8 Å². The number of hydrogen-bond acceptors (Lipinski definition) is 5. The van der Waals surface area contributed by atoms with Gasteiger partial charge in [-0.3, -0.25) is 9.59 Å². The van der Waals surface area contributed by atoms with Crippen LogP contribution < -0.4 is 4.72 Å². The van der Waals surface area contributed by atoms with E-state index in [1.807, 2.05) is 0 Å². The van der Waals surface area contributed by atoms with Crippen LogP contribution in [0.1, 0.15) is 24.2 Å². The van der Waals surface area contributed by atoms with Crippen molar-refractivity contribution in [3.8, 4) is 0 Å². The first-order chi connectivity index (χ1) is 8.86. The maximum atomic E-state index is 11.8. The summed E-state index contributed by atoms with van der Waals surface area (Å²) in [5.41, 5.74) is 0.285. The lowest BCUT2D eigenvalue weighted by atomic mass is 10.1. The van der Waals surface area contributed by atoms with E-state index in [1.165, 1.54) is 31.2 Å². The van der Waals surface area contributed by atoms with Crippen molar-refractivity contribution in [2.75, 3.05) is 12.3 Å². The van der Waals surface area contributed by atoms with Crippen molar-refractivity contribution in [3.05, 3.63) is 29.8 Å². The molecule has 1 N–H and O–H groups in total. The van der Waals surface area contributed by atoms with Crippen LogP contribution in [0.2, 0.25) is 0 Å². The fraction of sp³-hybridized carbons (Fsp3) is 0.333. The normalized spacial score (nSPS) is 11.3. The van der Waals surface area contributed by atoms with Crippen LogP contribution >= 0.6 is 11.8 Å². The van der Waals surface area contributed by atoms with Crippen molar-refractivity contribution < 1.29 is 18.0 Å². The maximum Gasteiger partial charge on any atom is 0.240 e. The van der Waals surface area contributed by atoms with Gasteiger partial charge in [0.2, 0.25) is 10.0 Å². The Morgan fingerprint density at radius 1 is 1.32 bits per heavy atom. The minimum absolute atomic E-state index is 0.0139. The molecule has 0 aliphatic rings. The van der Waals surface area contributed by atoms with Gasteiger partial charge in [-0.1, -0.05) is 30.8 Å². The zero-order valence-corrected chi connectivity index (χ0v) is 12.3. The summed E-state index contributed by atoms with van der Waals surface area (Å²) in [7, 11) is -3.57. The summed E-state index contributed by atoms with van der Waals surface area (Å²) in [4.78, 5) is 22.6. The molecule has 0 saturated heterocycles. The van der Waals surface area contributed by atoms with E-state index in [0.717, 1.165) is 11.8 Å². The second kappa shape index (κ2) is 6.83. The van der Waals surface area contributed by atoms with Crippen molar-refractivity contribution in [2.45, 2.75) is 18.7 Å². The van der Waals surface area contributed by atoms with Crippen LogP contribution in [-0.4, -0.2) is 31.6 Å². The number of carbonyl (C=O) groups is 2. The van der Waals surface area contributed by atoms with Crippen LogP contribution in [0.3, 0.4) is 0 Å². The van der Waals surface area contributed by atoms with Gasteiger partial charge in [0.1, 0.15) is 0 Å². The van der Waals surface area contributed by atoms with Gasteiger partial charge in [-0.2, -0.15) is 0 Å². The zero-order valence-electron chi connectivity index (χ0n) is 10.7. The Hall–Kier alpha value is -1.18. The molecule has 0 aliphatic heterocycles. The van der Waals surface area contributed by atoms with E-state index < -0.39 is 10.0 Å². The number of Topliss-reactive ketones (excluding diaryl/α,β-unsaturated/α-hetero) is 1. The minimum atomic E-state index is -3.57. The number of carbonyl (C=O) groups excluding carboxylic acids is 2. The van der Waals surface area contributed by atoms with Crippen LogP contribution in [0.4, 0.5) is 0 Å². The van der Waals surface area contributed by atoms with Crippen LogP contribution in [0.15, 0.2) is 29.2 Å². The molecule has 104 valence electrons. The molecule has 5 nitrogen and oxygen atoms in total. The Bertz CT molecular complexity index is 581. The van der Waals surface area contributed by atoms with Crippen molar-refractivity contribution in [3.63, 3.8) is 0 Å². The van der Waals surface area contributed by atoms with Crippen molar-refractivity contribution >= 4 is 32.7 Å². The average molecular weight is 301 g/mol. The molecule has 0 heterocycles. The van der Waals surface area contributed by atoms with E-state index in [-0.39, 0.29) is 33.7 Å². The molecule has 1 aromatic carbocycles. The van der Waals surface area contributed by atoms with Crippen molar-refractivity contribution in [1.82, 2.24) is 4.72 Å². The number of benzene rings is 1. The molecule has 0 saturated carbocycles. The Morgan fingerprint density at radius 3 is 2.58 bits per heavy atom. The molecule has 1 aromatic rings. The molecule has 0 fully saturated rings. The minimum Gasteiger partial charge on any atom is -0.293 e. The van der Waals surface area contributed by atoms with Gasteiger partial charge < -0.3 is 0 Å². The molecular weight excluding hydrogens is 286 g/mol. The highest BCUT2D eigenvalue weighted by atomic mass is 32.2. The van der Waals surface area contributed by atoms with E-state index in [1.54, 1.807) is 6.92 Å². The van der Waals surface area contributed by atoms with Crippen molar-refractivity contribution in [2.24, 2.45) is 0 Å². The van der Waals surface area contributed by atoms with E-state index in [2.05, 4.69) is 4.72 Å². The molecule has 0 spiro atoms. The average Bonchev–Trinajstić information content (AvgIpc) is 2.36. The number of rotatable bonds is 6. The van der Waals surface area contributed by atoms with Gasteiger partial charge in [-0.25, -0.2) is 13.1 Å². The second-order valence-corrected chi connectivity index (χ2v) is 6.65. The lowest BCUT2D eigenvalue weighted by Crippen LogP contribution is -2.23. The molecule has 0 amide bonds. The van der Waals surface area contributed by atoms with Gasteiger partial charge in [0, 0.05) is 19.0 Å². The summed E-state index contributed by atoms with van der Waals surface area (Å²) in [6, 6.07) is 5.79. The lowest BCUT2D eigenvalue weighted by molar-refractivity contribution is -0.109. The Labute approximate surface area is 116 Å². The molecule has 1 rings (SSSR count). The predicted molar refractivity (Wildman–Crippen MR) is 74.8 cm³/mol. The molecular formula is C12H15NO4S2. The number of ketones is 1. The highest BCUT2D eigenvalue weighted by molar-refractivity contribution is 8.14. The fourth-order valence-electron chi connectivity index (χ4n) is 1.36. The third kappa shape index (κ3) is 4.77. The van der Waals surface area contributed by atoms with Gasteiger partial charge in [0.15, 0.2) is 10.9 Å². The number of nitrogens with one attached hydrogen (secondary N) is 1. The first-order valence-corrected chi connectivity index (χ1v) is 8.10. The number of sulfonamides is 1. The summed E-state index contributed by atoms with van der Waals surface area (Å²) < 4.78 is 25.9. The standard InChI is InChI=1S/C12H15NO4S2/c1-3-13-19(16,17)11-6-4-5-10(7-11)12(15)8-18-9(2)14/h4-7,13H,3,8H2,1-2H3. The Kier molecular flexibility index (Phi) is 5.71. The third-order valence-electron chi connectivity index (χ3n) is 2.21. The van der Waals surface area contributed by atoms with E-state index in [4.69, 9.17) is 0 Å². The molecule has 0 radical (unpaired) electrons. The van der Waals surface area contributed by atoms with Crippen molar-refractivity contribution in [1.29, 1.82) is 0 Å². The van der Waals surface area contributed by atoms with Crippen LogP contribution in [0, 0.1) is 0 Å². The van der Waals surface area contributed by atoms with E-state index in [9.17, 15) is 18.0 Å². The highest BCUT2D eigenvalue weighted by Gasteiger charge is 2.15. The summed E-state index contributed by atoms with van der Waals surface area (Å²) in [6.07, 6.45) is 0. The summed E-state index contributed by atoms with van der Waals surface area (Å²) >= 11 is 0.904. The quantitative estimate of drug-likeness (QED) is 0.804. The third-order valence-corrected chi connectivity index (χ3v) is 4.56. The summed E-state index contributed by atoms with van der Waals surface area (Å²) in [6.45, 7) is 3.33. The molecule has 0 bridgehead atoms. The highest BCUT2D eigenvalue weighted by Crippen LogP contribution is 2.14. The number of hydrogen-bond donors (Lipinski definition) is 1. The van der Waals surface area contributed by atoms with Gasteiger partial charge in [-0.15, -0.1) is 0 Å². The maximum absolute atomic E-state index is 11.8. The van der Waals surface area contributed by atoms with Crippen LogP contribution in [0.25, 0.3) is 0 Å². The predicted octanol–water partition coefficient (Wildman–Crippen LogP) is 1.45. The lowest BCUT2D eigenvalue weighted by Gasteiger charge is -2.06. The topological polar surface area (TPSA) is 80.3 Å². The molecule has 7 heteroatoms. The Morgan fingerprint density at radius 2 is 2.00 bits per heavy atom. The summed E-state index contributed by atoms with van der Waals surface area (Å²) in [5, 5.41) is -0.148.